The molecule has 1 aliphatic rings. The Morgan fingerprint density at radius 1 is 1.16 bits per heavy atom. The molecule has 0 radical (unpaired) electrons. The highest BCUT2D eigenvalue weighted by atomic mass is 32.1. The fourth-order valence-electron chi connectivity index (χ4n) is 3.44. The predicted octanol–water partition coefficient (Wildman–Crippen LogP) is 5.40. The van der Waals surface area contributed by atoms with Crippen LogP contribution in [-0.2, 0) is 11.6 Å². The number of thiophene rings is 1. The van der Waals surface area contributed by atoms with E-state index in [1.54, 1.807) is 11.3 Å². The molecule has 1 aliphatic carbocycles. The Morgan fingerprint density at radius 3 is 2.52 bits per heavy atom. The number of urea groups is 1. The summed E-state index contributed by atoms with van der Waals surface area (Å²) in [6, 6.07) is 6.43. The number of hydrogen-bond donors (Lipinski definition) is 2. The van der Waals surface area contributed by atoms with Gasteiger partial charge in [0.2, 0.25) is 0 Å². The van der Waals surface area contributed by atoms with E-state index in [2.05, 4.69) is 22.1 Å². The summed E-state index contributed by atoms with van der Waals surface area (Å²) in [5.41, 5.74) is 0.00834. The van der Waals surface area contributed by atoms with Crippen molar-refractivity contribution >= 4 is 23.1 Å². The molecule has 3 rings (SSSR count). The van der Waals surface area contributed by atoms with Gasteiger partial charge in [0, 0.05) is 12.0 Å². The Labute approximate surface area is 148 Å². The van der Waals surface area contributed by atoms with Crippen LogP contribution in [0, 0.1) is 0 Å². The van der Waals surface area contributed by atoms with E-state index in [4.69, 9.17) is 0 Å². The maximum atomic E-state index is 13.0. The third-order valence-corrected chi connectivity index (χ3v) is 5.45. The lowest BCUT2D eigenvalue weighted by atomic mass is 9.80. The van der Waals surface area contributed by atoms with Crippen LogP contribution in [-0.4, -0.2) is 12.6 Å². The number of carbonyl (C=O) groups is 1. The van der Waals surface area contributed by atoms with Gasteiger partial charge in [-0.05, 0) is 47.4 Å². The highest BCUT2D eigenvalue weighted by Gasteiger charge is 2.37. The van der Waals surface area contributed by atoms with E-state index in [0.29, 0.717) is 6.54 Å². The van der Waals surface area contributed by atoms with Crippen LogP contribution in [0.4, 0.5) is 23.7 Å². The van der Waals surface area contributed by atoms with E-state index < -0.39 is 17.8 Å². The second kappa shape index (κ2) is 7.07. The molecular weight excluding hydrogens is 349 g/mol. The van der Waals surface area contributed by atoms with Crippen LogP contribution in [0.3, 0.4) is 0 Å². The van der Waals surface area contributed by atoms with Crippen LogP contribution in [0.5, 0.6) is 0 Å². The van der Waals surface area contributed by atoms with Crippen molar-refractivity contribution < 1.29 is 18.0 Å². The predicted molar refractivity (Wildman–Crippen MR) is 92.9 cm³/mol. The lowest BCUT2D eigenvalue weighted by Crippen LogP contribution is -2.40. The van der Waals surface area contributed by atoms with Crippen molar-refractivity contribution in [3.8, 4) is 0 Å². The fourth-order valence-corrected chi connectivity index (χ4v) is 4.22. The molecule has 1 aromatic carbocycles. The minimum atomic E-state index is -4.51. The molecule has 134 valence electrons. The number of halogens is 3. The Bertz CT molecular complexity index is 722. The number of hydrogen-bond acceptors (Lipinski definition) is 2. The molecule has 0 spiro atoms. The van der Waals surface area contributed by atoms with Crippen molar-refractivity contribution in [3.05, 3.63) is 52.2 Å². The summed E-state index contributed by atoms with van der Waals surface area (Å²) in [6.07, 6.45) is -0.369. The molecule has 7 heteroatoms. The maximum absolute atomic E-state index is 13.0. The summed E-state index contributed by atoms with van der Waals surface area (Å²) in [6.45, 7) is 0.420. The van der Waals surface area contributed by atoms with Gasteiger partial charge in [-0.3, -0.25) is 0 Å². The fraction of sp³-hybridized carbons (Fsp3) is 0.389. The first-order valence-electron chi connectivity index (χ1n) is 8.14. The van der Waals surface area contributed by atoms with Crippen molar-refractivity contribution in [1.29, 1.82) is 0 Å². The number of amides is 2. The Morgan fingerprint density at radius 2 is 1.88 bits per heavy atom. The highest BCUT2D eigenvalue weighted by molar-refractivity contribution is 7.08. The lowest BCUT2D eigenvalue weighted by molar-refractivity contribution is -0.136. The summed E-state index contributed by atoms with van der Waals surface area (Å²) in [5, 5.41) is 9.20. The monoisotopic (exact) mass is 368 g/mol. The van der Waals surface area contributed by atoms with Crippen LogP contribution in [0.2, 0.25) is 0 Å². The molecule has 0 unspecified atom stereocenters. The van der Waals surface area contributed by atoms with Gasteiger partial charge in [-0.1, -0.05) is 25.0 Å². The molecular formula is C18H19F3N2OS. The number of benzene rings is 1. The lowest BCUT2D eigenvalue weighted by Gasteiger charge is -2.29. The minimum Gasteiger partial charge on any atom is -0.337 e. The van der Waals surface area contributed by atoms with Gasteiger partial charge in [-0.2, -0.15) is 24.5 Å². The second-order valence-corrected chi connectivity index (χ2v) is 7.13. The molecule has 1 saturated carbocycles. The number of anilines is 1. The quantitative estimate of drug-likeness (QED) is 0.745. The van der Waals surface area contributed by atoms with E-state index in [9.17, 15) is 18.0 Å². The summed E-state index contributed by atoms with van der Waals surface area (Å²) < 4.78 is 39.0. The van der Waals surface area contributed by atoms with Crippen molar-refractivity contribution in [2.24, 2.45) is 0 Å². The maximum Gasteiger partial charge on any atom is 0.418 e. The molecule has 3 nitrogen and oxygen atoms in total. The zero-order valence-corrected chi connectivity index (χ0v) is 14.3. The molecule has 2 aromatic rings. The van der Waals surface area contributed by atoms with Crippen LogP contribution in [0.25, 0.3) is 0 Å². The first kappa shape index (κ1) is 17.8. The minimum absolute atomic E-state index is 0.110. The number of para-hydroxylation sites is 1. The Kier molecular flexibility index (Phi) is 5.03. The van der Waals surface area contributed by atoms with Crippen molar-refractivity contribution in [2.45, 2.75) is 37.3 Å². The van der Waals surface area contributed by atoms with Gasteiger partial charge in [0.1, 0.15) is 0 Å². The molecule has 0 aliphatic heterocycles. The smallest absolute Gasteiger partial charge is 0.337 e. The van der Waals surface area contributed by atoms with Gasteiger partial charge in [-0.25, -0.2) is 4.79 Å². The molecule has 2 N–H and O–H groups in total. The zero-order chi connectivity index (χ0) is 17.9. The van der Waals surface area contributed by atoms with E-state index in [0.717, 1.165) is 31.7 Å². The topological polar surface area (TPSA) is 41.1 Å². The average Bonchev–Trinajstić information content (AvgIpc) is 3.25. The number of rotatable bonds is 4. The van der Waals surface area contributed by atoms with Gasteiger partial charge in [0.25, 0.3) is 0 Å². The van der Waals surface area contributed by atoms with E-state index >= 15 is 0 Å². The van der Waals surface area contributed by atoms with Crippen LogP contribution < -0.4 is 10.6 Å². The molecule has 0 atom stereocenters. The summed E-state index contributed by atoms with van der Waals surface area (Å²) >= 11 is 1.61. The average molecular weight is 368 g/mol. The van der Waals surface area contributed by atoms with Gasteiger partial charge in [-0.15, -0.1) is 0 Å². The highest BCUT2D eigenvalue weighted by Crippen LogP contribution is 2.41. The van der Waals surface area contributed by atoms with Crippen LogP contribution >= 0.6 is 11.3 Å². The first-order chi connectivity index (χ1) is 11.9. The van der Waals surface area contributed by atoms with Crippen LogP contribution in [0.15, 0.2) is 41.1 Å². The Hall–Kier alpha value is -2.02. The van der Waals surface area contributed by atoms with Crippen molar-refractivity contribution in [2.75, 3.05) is 11.9 Å². The van der Waals surface area contributed by atoms with Gasteiger partial charge in [0.15, 0.2) is 0 Å². The second-order valence-electron chi connectivity index (χ2n) is 6.35. The third kappa shape index (κ3) is 3.98. The van der Waals surface area contributed by atoms with Gasteiger partial charge < -0.3 is 10.6 Å². The number of carbonyl (C=O) groups excluding carboxylic acids is 1. The summed E-state index contributed by atoms with van der Waals surface area (Å²) in [7, 11) is 0. The summed E-state index contributed by atoms with van der Waals surface area (Å²) in [4.78, 5) is 12.2. The standard InChI is InChI=1S/C18H19F3N2OS/c19-18(20,21)14-5-1-2-6-15(14)23-16(24)22-12-17(8-3-4-9-17)13-7-10-25-11-13/h1-2,5-7,10-11H,3-4,8-9,12H2,(H2,22,23,24). The number of alkyl halides is 3. The molecule has 0 saturated heterocycles. The first-order valence-corrected chi connectivity index (χ1v) is 9.09. The Balaban J connectivity index is 1.68. The largest absolute Gasteiger partial charge is 0.418 e. The molecule has 2 amide bonds. The van der Waals surface area contributed by atoms with Gasteiger partial charge >= 0.3 is 12.2 Å². The normalized spacial score (nSPS) is 16.6. The van der Waals surface area contributed by atoms with E-state index in [1.807, 2.05) is 5.38 Å². The molecule has 1 fully saturated rings. The third-order valence-electron chi connectivity index (χ3n) is 4.76. The van der Waals surface area contributed by atoms with E-state index in [1.165, 1.54) is 23.8 Å². The van der Waals surface area contributed by atoms with Crippen LogP contribution in [0.1, 0.15) is 36.8 Å². The molecule has 0 bridgehead atoms. The van der Waals surface area contributed by atoms with Crippen molar-refractivity contribution in [1.82, 2.24) is 5.32 Å². The molecule has 1 aromatic heterocycles. The van der Waals surface area contributed by atoms with Crippen molar-refractivity contribution in [3.63, 3.8) is 0 Å². The molecule has 25 heavy (non-hydrogen) atoms. The van der Waals surface area contributed by atoms with E-state index in [-0.39, 0.29) is 11.1 Å². The van der Waals surface area contributed by atoms with Gasteiger partial charge in [0.05, 0.1) is 11.3 Å². The zero-order valence-electron chi connectivity index (χ0n) is 13.5. The number of nitrogens with one attached hydrogen (secondary N) is 2. The SMILES string of the molecule is O=C(NCC1(c2ccsc2)CCCC1)Nc1ccccc1C(F)(F)F. The summed E-state index contributed by atoms with van der Waals surface area (Å²) in [5.74, 6) is 0. The molecule has 1 heterocycles.